The molecule has 0 aliphatic rings. The fourth-order valence-electron chi connectivity index (χ4n) is 1.56. The molecule has 88 valence electrons. The zero-order valence-corrected chi connectivity index (χ0v) is 10.9. The summed E-state index contributed by atoms with van der Waals surface area (Å²) in [6, 6.07) is 9.66. The van der Waals surface area contributed by atoms with E-state index in [1.807, 2.05) is 24.3 Å². The highest BCUT2D eigenvalue weighted by Crippen LogP contribution is 2.26. The minimum atomic E-state index is -0.463. The van der Waals surface area contributed by atoms with Crippen LogP contribution in [0.4, 0.5) is 0 Å². The molecule has 4 heteroatoms. The number of halogens is 1. The number of furan rings is 1. The molecule has 0 saturated carbocycles. The van der Waals surface area contributed by atoms with Gasteiger partial charge in [-0.15, -0.1) is 0 Å². The topological polar surface area (TPSA) is 39.4 Å². The smallest absolute Gasteiger partial charge is 0.374 e. The molecule has 0 bridgehead atoms. The maximum atomic E-state index is 11.5. The summed E-state index contributed by atoms with van der Waals surface area (Å²) in [4.78, 5) is 11.5. The number of rotatable bonds is 3. The van der Waals surface area contributed by atoms with E-state index in [0.29, 0.717) is 0 Å². The summed E-state index contributed by atoms with van der Waals surface area (Å²) < 4.78 is 9.81. The third-order valence-corrected chi connectivity index (χ3v) is 3.10. The molecule has 1 aromatic carbocycles. The first-order chi connectivity index (χ1) is 8.26. The third kappa shape index (κ3) is 2.42. The van der Waals surface area contributed by atoms with Crippen LogP contribution in [-0.2, 0) is 10.1 Å². The van der Waals surface area contributed by atoms with Crippen LogP contribution >= 0.6 is 15.9 Å². The molecule has 0 unspecified atom stereocenters. The molecular weight excluding hydrogens is 284 g/mol. The number of methoxy groups -OCH3 is 1. The molecule has 0 spiro atoms. The molecule has 17 heavy (non-hydrogen) atoms. The highest BCUT2D eigenvalue weighted by atomic mass is 79.9. The van der Waals surface area contributed by atoms with Crippen LogP contribution in [0.2, 0.25) is 0 Å². The van der Waals surface area contributed by atoms with Gasteiger partial charge in [-0.1, -0.05) is 40.2 Å². The van der Waals surface area contributed by atoms with E-state index in [9.17, 15) is 4.79 Å². The van der Waals surface area contributed by atoms with Gasteiger partial charge in [0.2, 0.25) is 5.76 Å². The van der Waals surface area contributed by atoms with Gasteiger partial charge in [-0.3, -0.25) is 0 Å². The van der Waals surface area contributed by atoms with E-state index in [4.69, 9.17) is 4.42 Å². The van der Waals surface area contributed by atoms with Crippen LogP contribution < -0.4 is 0 Å². The van der Waals surface area contributed by atoms with Crippen LogP contribution in [0.15, 0.2) is 41.0 Å². The average molecular weight is 295 g/mol. The van der Waals surface area contributed by atoms with Crippen molar-refractivity contribution in [1.82, 2.24) is 0 Å². The van der Waals surface area contributed by atoms with Gasteiger partial charge in [0.25, 0.3) is 0 Å². The summed E-state index contributed by atoms with van der Waals surface area (Å²) in [5.74, 6) is -0.228. The van der Waals surface area contributed by atoms with Crippen molar-refractivity contribution in [2.45, 2.75) is 5.33 Å². The van der Waals surface area contributed by atoms with Crippen LogP contribution in [0, 0.1) is 0 Å². The van der Waals surface area contributed by atoms with Crippen LogP contribution in [-0.4, -0.2) is 13.1 Å². The van der Waals surface area contributed by atoms with Crippen LogP contribution in [0.5, 0.6) is 0 Å². The predicted molar refractivity (Wildman–Crippen MR) is 68.1 cm³/mol. The van der Waals surface area contributed by atoms with Crippen molar-refractivity contribution in [3.63, 3.8) is 0 Å². The lowest BCUT2D eigenvalue weighted by atomic mass is 10.0. The molecule has 2 aromatic rings. The Kier molecular flexibility index (Phi) is 3.64. The standard InChI is InChI=1S/C13H11BrO3/c1-16-13(15)12-11(6-7-17-12)10-4-2-9(8-14)3-5-10/h2-7H,8H2,1H3. The van der Waals surface area contributed by atoms with Crippen molar-refractivity contribution >= 4 is 21.9 Å². The molecule has 0 atom stereocenters. The van der Waals surface area contributed by atoms with Gasteiger partial charge in [-0.25, -0.2) is 4.79 Å². The Balaban J connectivity index is 2.39. The Labute approximate surface area is 108 Å². The number of hydrogen-bond acceptors (Lipinski definition) is 3. The zero-order valence-electron chi connectivity index (χ0n) is 9.27. The van der Waals surface area contributed by atoms with Crippen molar-refractivity contribution in [2.75, 3.05) is 7.11 Å². The highest BCUT2D eigenvalue weighted by molar-refractivity contribution is 9.08. The molecule has 1 heterocycles. The van der Waals surface area contributed by atoms with E-state index in [1.165, 1.54) is 18.9 Å². The molecular formula is C13H11BrO3. The quantitative estimate of drug-likeness (QED) is 0.641. The van der Waals surface area contributed by atoms with Crippen molar-refractivity contribution < 1.29 is 13.9 Å². The van der Waals surface area contributed by atoms with Gasteiger partial charge in [0.15, 0.2) is 0 Å². The summed E-state index contributed by atoms with van der Waals surface area (Å²) in [6.45, 7) is 0. The second kappa shape index (κ2) is 5.19. The maximum absolute atomic E-state index is 11.5. The van der Waals surface area contributed by atoms with Crippen molar-refractivity contribution in [2.24, 2.45) is 0 Å². The largest absolute Gasteiger partial charge is 0.463 e. The number of ether oxygens (including phenoxy) is 1. The fraction of sp³-hybridized carbons (Fsp3) is 0.154. The van der Waals surface area contributed by atoms with Crippen LogP contribution in [0.25, 0.3) is 11.1 Å². The van der Waals surface area contributed by atoms with Gasteiger partial charge >= 0.3 is 5.97 Å². The summed E-state index contributed by atoms with van der Waals surface area (Å²) in [5.41, 5.74) is 2.86. The molecule has 0 fully saturated rings. The van der Waals surface area contributed by atoms with Gasteiger partial charge in [-0.2, -0.15) is 0 Å². The van der Waals surface area contributed by atoms with E-state index < -0.39 is 5.97 Å². The first-order valence-electron chi connectivity index (χ1n) is 5.07. The number of carbonyl (C=O) groups is 1. The molecule has 0 amide bonds. The second-order valence-corrected chi connectivity index (χ2v) is 4.05. The predicted octanol–water partition coefficient (Wildman–Crippen LogP) is 3.63. The lowest BCUT2D eigenvalue weighted by Gasteiger charge is -2.02. The number of esters is 1. The zero-order chi connectivity index (χ0) is 12.3. The first kappa shape index (κ1) is 11.9. The minimum Gasteiger partial charge on any atom is -0.463 e. The van der Waals surface area contributed by atoms with Gasteiger partial charge in [0.1, 0.15) is 0 Å². The van der Waals surface area contributed by atoms with Crippen molar-refractivity contribution in [1.29, 1.82) is 0 Å². The Morgan fingerprint density at radius 1 is 1.29 bits per heavy atom. The maximum Gasteiger partial charge on any atom is 0.374 e. The van der Waals surface area contributed by atoms with E-state index in [0.717, 1.165) is 16.5 Å². The summed E-state index contributed by atoms with van der Waals surface area (Å²) >= 11 is 3.39. The Morgan fingerprint density at radius 2 is 2.00 bits per heavy atom. The molecule has 2 rings (SSSR count). The van der Waals surface area contributed by atoms with E-state index in [2.05, 4.69) is 20.7 Å². The van der Waals surface area contributed by atoms with Gasteiger partial charge in [0, 0.05) is 10.9 Å². The molecule has 3 nitrogen and oxygen atoms in total. The highest BCUT2D eigenvalue weighted by Gasteiger charge is 2.16. The monoisotopic (exact) mass is 294 g/mol. The van der Waals surface area contributed by atoms with Crippen molar-refractivity contribution in [3.05, 3.63) is 47.9 Å². The number of carbonyl (C=O) groups excluding carboxylic acids is 1. The fourth-order valence-corrected chi connectivity index (χ4v) is 1.93. The molecule has 0 radical (unpaired) electrons. The van der Waals surface area contributed by atoms with Gasteiger partial charge < -0.3 is 9.15 Å². The molecule has 0 aliphatic heterocycles. The van der Waals surface area contributed by atoms with E-state index >= 15 is 0 Å². The molecule has 0 aliphatic carbocycles. The van der Waals surface area contributed by atoms with E-state index in [1.54, 1.807) is 6.07 Å². The first-order valence-corrected chi connectivity index (χ1v) is 6.19. The average Bonchev–Trinajstić information content (AvgIpc) is 2.87. The summed E-state index contributed by atoms with van der Waals surface area (Å²) in [6.07, 6.45) is 1.49. The lowest BCUT2D eigenvalue weighted by Crippen LogP contribution is -2.00. The number of hydrogen-bond donors (Lipinski definition) is 0. The molecule has 1 aromatic heterocycles. The Hall–Kier alpha value is -1.55. The van der Waals surface area contributed by atoms with Gasteiger partial charge in [0.05, 0.1) is 13.4 Å². The van der Waals surface area contributed by atoms with Crippen molar-refractivity contribution in [3.8, 4) is 11.1 Å². The lowest BCUT2D eigenvalue weighted by molar-refractivity contribution is 0.0566. The summed E-state index contributed by atoms with van der Waals surface area (Å²) in [5, 5.41) is 0.808. The second-order valence-electron chi connectivity index (χ2n) is 3.49. The number of benzene rings is 1. The molecule has 0 saturated heterocycles. The normalized spacial score (nSPS) is 10.2. The SMILES string of the molecule is COC(=O)c1occc1-c1ccc(CBr)cc1. The van der Waals surface area contributed by atoms with Crippen LogP contribution in [0.1, 0.15) is 16.1 Å². The third-order valence-electron chi connectivity index (χ3n) is 2.46. The molecule has 0 N–H and O–H groups in total. The van der Waals surface area contributed by atoms with Crippen LogP contribution in [0.3, 0.4) is 0 Å². The Bertz CT molecular complexity index is 514. The Morgan fingerprint density at radius 3 is 2.59 bits per heavy atom. The van der Waals surface area contributed by atoms with Gasteiger partial charge in [-0.05, 0) is 17.2 Å². The van der Waals surface area contributed by atoms with E-state index in [-0.39, 0.29) is 5.76 Å². The summed E-state index contributed by atoms with van der Waals surface area (Å²) in [7, 11) is 1.34. The number of alkyl halides is 1. The minimum absolute atomic E-state index is 0.235.